The van der Waals surface area contributed by atoms with Gasteiger partial charge in [0.05, 0.1) is 13.2 Å². The van der Waals surface area contributed by atoms with Crippen LogP contribution in [0.4, 0.5) is 0 Å². The summed E-state index contributed by atoms with van der Waals surface area (Å²) in [5.41, 5.74) is 0. The second-order valence-corrected chi connectivity index (χ2v) is 19.5. The third kappa shape index (κ3) is 49.4. The van der Waals surface area contributed by atoms with E-state index in [9.17, 15) is 34.1 Å². The van der Waals surface area contributed by atoms with Crippen molar-refractivity contribution in [3.05, 3.63) is 60.8 Å². The van der Waals surface area contributed by atoms with Gasteiger partial charge in [-0.2, -0.15) is 0 Å². The summed E-state index contributed by atoms with van der Waals surface area (Å²) in [4.78, 5) is 46.2. The minimum absolute atomic E-state index is 0.147. The summed E-state index contributed by atoms with van der Waals surface area (Å²) in [7, 11) is -4.77. The molecule has 0 aliphatic rings. The molecule has 0 saturated carbocycles. The van der Waals surface area contributed by atoms with Crippen LogP contribution in [0.25, 0.3) is 0 Å². The van der Waals surface area contributed by atoms with Gasteiger partial charge in [-0.25, -0.2) is 9.36 Å². The Bertz CT molecular complexity index is 1360. The Morgan fingerprint density at radius 2 is 0.866 bits per heavy atom. The van der Waals surface area contributed by atoms with Crippen LogP contribution >= 0.6 is 7.82 Å². The smallest absolute Gasteiger partial charge is 0.472 e. The number of rotatable bonds is 50. The highest BCUT2D eigenvalue weighted by molar-refractivity contribution is 7.47. The highest BCUT2D eigenvalue weighted by Gasteiger charge is 2.28. The van der Waals surface area contributed by atoms with Crippen LogP contribution in [0.3, 0.4) is 0 Å². The number of carbonyl (C=O) groups is 3. The van der Waals surface area contributed by atoms with Gasteiger partial charge in [-0.05, 0) is 57.8 Å². The Balaban J connectivity index is 3.82. The Hall–Kier alpha value is -2.82. The van der Waals surface area contributed by atoms with Gasteiger partial charge in [0.1, 0.15) is 12.7 Å². The van der Waals surface area contributed by atoms with Crippen LogP contribution in [-0.4, -0.2) is 64.9 Å². The van der Waals surface area contributed by atoms with E-state index in [0.717, 1.165) is 83.5 Å². The van der Waals surface area contributed by atoms with Gasteiger partial charge in [0.25, 0.3) is 0 Å². The zero-order chi connectivity index (χ0) is 49.2. The summed E-state index contributed by atoms with van der Waals surface area (Å²) >= 11 is 0. The number of ether oxygens (including phenoxy) is 1. The van der Waals surface area contributed by atoms with Crippen molar-refractivity contribution < 1.29 is 47.8 Å². The molecule has 0 spiro atoms. The number of unbranched alkanes of at least 4 members (excludes halogenated alkanes) is 26. The minimum atomic E-state index is -4.77. The number of aliphatic hydroxyl groups excluding tert-OH is 1. The summed E-state index contributed by atoms with van der Waals surface area (Å²) < 4.78 is 27.0. The lowest BCUT2D eigenvalue weighted by Crippen LogP contribution is -2.43. The number of aliphatic carboxylic acids is 1. The van der Waals surface area contributed by atoms with Gasteiger partial charge in [-0.3, -0.25) is 18.6 Å². The topological polar surface area (TPSA) is 169 Å². The van der Waals surface area contributed by atoms with Crippen molar-refractivity contribution in [2.75, 3.05) is 19.8 Å². The molecule has 3 unspecified atom stereocenters. The van der Waals surface area contributed by atoms with Gasteiger partial charge in [0.2, 0.25) is 5.91 Å². The van der Waals surface area contributed by atoms with Crippen molar-refractivity contribution >= 4 is 25.7 Å². The lowest BCUT2D eigenvalue weighted by molar-refractivity contribution is -0.147. The Labute approximate surface area is 408 Å². The number of phosphoric acid groups is 1. The number of carboxylic acids is 1. The monoisotopic (exact) mass is 964 g/mol. The maximum Gasteiger partial charge on any atom is 0.472 e. The predicted octanol–water partition coefficient (Wildman–Crippen LogP) is 15.1. The molecule has 0 aliphatic heterocycles. The lowest BCUT2D eigenvalue weighted by Gasteiger charge is -2.18. The van der Waals surface area contributed by atoms with Crippen LogP contribution < -0.4 is 5.32 Å². The molecule has 1 amide bonds. The molecule has 11 nitrogen and oxygen atoms in total. The first-order chi connectivity index (χ1) is 32.6. The Morgan fingerprint density at radius 3 is 1.30 bits per heavy atom. The number of hydrogen-bond donors (Lipinski definition) is 4. The fraction of sp³-hybridized carbons (Fsp3) is 0.764. The van der Waals surface area contributed by atoms with E-state index in [-0.39, 0.29) is 12.8 Å². The molecule has 0 aliphatic carbocycles. The van der Waals surface area contributed by atoms with Crippen LogP contribution in [0.15, 0.2) is 60.8 Å². The van der Waals surface area contributed by atoms with Gasteiger partial charge in [0.15, 0.2) is 6.04 Å². The molecule has 0 aromatic rings. The molecule has 0 aromatic carbocycles. The van der Waals surface area contributed by atoms with Crippen molar-refractivity contribution in [1.82, 2.24) is 5.32 Å². The van der Waals surface area contributed by atoms with Gasteiger partial charge >= 0.3 is 19.8 Å². The normalized spacial score (nSPS) is 14.0. The summed E-state index contributed by atoms with van der Waals surface area (Å²) in [6.07, 6.45) is 59.5. The molecule has 0 aromatic heterocycles. The minimum Gasteiger partial charge on any atom is -0.480 e. The second-order valence-electron chi connectivity index (χ2n) is 18.0. The first-order valence-corrected chi connectivity index (χ1v) is 28.3. The van der Waals surface area contributed by atoms with Crippen LogP contribution in [0.5, 0.6) is 0 Å². The van der Waals surface area contributed by atoms with E-state index in [2.05, 4.69) is 79.9 Å². The quantitative estimate of drug-likeness (QED) is 0.0199. The first kappa shape index (κ1) is 64.2. The van der Waals surface area contributed by atoms with Gasteiger partial charge in [-0.1, -0.05) is 229 Å². The van der Waals surface area contributed by atoms with Crippen LogP contribution in [0.1, 0.15) is 239 Å². The predicted molar refractivity (Wildman–Crippen MR) is 277 cm³/mol. The van der Waals surface area contributed by atoms with E-state index in [1.54, 1.807) is 0 Å². The lowest BCUT2D eigenvalue weighted by atomic mass is 10.0. The molecule has 67 heavy (non-hydrogen) atoms. The summed E-state index contributed by atoms with van der Waals surface area (Å²) in [5.74, 6) is -2.38. The molecule has 0 heterocycles. The number of allylic oxidation sites excluding steroid dienone is 10. The van der Waals surface area contributed by atoms with E-state index in [1.165, 1.54) is 116 Å². The van der Waals surface area contributed by atoms with Crippen LogP contribution in [-0.2, 0) is 32.7 Å². The molecule has 12 heteroatoms. The summed E-state index contributed by atoms with van der Waals surface area (Å²) in [6.45, 7) is 2.51. The van der Waals surface area contributed by atoms with Gasteiger partial charge in [0, 0.05) is 12.8 Å². The van der Waals surface area contributed by atoms with E-state index in [1.807, 2.05) is 0 Å². The molecule has 3 atom stereocenters. The van der Waals surface area contributed by atoms with E-state index < -0.39 is 57.6 Å². The third-order valence-electron chi connectivity index (χ3n) is 11.6. The fourth-order valence-corrected chi connectivity index (χ4v) is 8.23. The van der Waals surface area contributed by atoms with Crippen molar-refractivity contribution in [2.24, 2.45) is 0 Å². The number of carbonyl (C=O) groups excluding carboxylic acids is 2. The average Bonchev–Trinajstić information content (AvgIpc) is 3.31. The summed E-state index contributed by atoms with van der Waals surface area (Å²) in [5, 5.41) is 22.0. The molecule has 0 rings (SSSR count). The number of amides is 1. The molecule has 0 bridgehead atoms. The van der Waals surface area contributed by atoms with Crippen LogP contribution in [0.2, 0.25) is 0 Å². The van der Waals surface area contributed by atoms with E-state index in [4.69, 9.17) is 13.8 Å². The highest BCUT2D eigenvalue weighted by Crippen LogP contribution is 2.43. The molecule has 0 saturated heterocycles. The Kier molecular flexibility index (Phi) is 47.5. The third-order valence-corrected chi connectivity index (χ3v) is 12.5. The van der Waals surface area contributed by atoms with Crippen molar-refractivity contribution in [3.8, 4) is 0 Å². The molecular weight excluding hydrogens is 866 g/mol. The molecule has 388 valence electrons. The zero-order valence-corrected chi connectivity index (χ0v) is 43.3. The Morgan fingerprint density at radius 1 is 0.493 bits per heavy atom. The van der Waals surface area contributed by atoms with E-state index >= 15 is 0 Å². The maximum atomic E-state index is 12.4. The van der Waals surface area contributed by atoms with Gasteiger partial charge in [-0.15, -0.1) is 0 Å². The van der Waals surface area contributed by atoms with Crippen LogP contribution in [0, 0.1) is 0 Å². The number of nitrogens with one attached hydrogen (secondary N) is 1. The number of aliphatic hydroxyl groups is 1. The largest absolute Gasteiger partial charge is 0.480 e. The standard InChI is InChI=1S/C55H98NO10P/c1-3-5-7-9-11-13-15-17-19-21-23-25-26-27-29-31-33-35-37-39-41-43-45-47-54(59)64-48-51(57)49-65-67(62,63)66-50-52(55(60)61)56-53(58)46-44-42-40-38-36-34-32-30-28-24-22-20-18-16-14-12-10-8-6-4-2/h5,7,11,13,17,19,23,25,27,29,51-52,57H,3-4,6,8-10,12,14-16,18,20-22,24,26,28,30-50H2,1-2H3,(H,56,58)(H,60,61)(H,62,63)/b7-5-,13-11-,19-17-,25-23-,29-27-. The van der Waals surface area contributed by atoms with E-state index in [0.29, 0.717) is 12.8 Å². The van der Waals surface area contributed by atoms with Crippen molar-refractivity contribution in [3.63, 3.8) is 0 Å². The summed E-state index contributed by atoms with van der Waals surface area (Å²) in [6, 6.07) is -1.55. The molecule has 0 fully saturated rings. The van der Waals surface area contributed by atoms with Crippen molar-refractivity contribution in [2.45, 2.75) is 251 Å². The molecular formula is C55H98NO10P. The maximum absolute atomic E-state index is 12.4. The SMILES string of the molecule is CC/C=C\C/C=C\C/C=C\C/C=C\C/C=C\CCCCCCCCCC(=O)OCC(O)COP(=O)(O)OCC(NC(=O)CCCCCCCCCCCCCCCCCCCCCC)C(=O)O. The number of esters is 1. The number of carboxylic acid groups (broad SMARTS) is 1. The molecule has 4 N–H and O–H groups in total. The zero-order valence-electron chi connectivity index (χ0n) is 42.4. The highest BCUT2D eigenvalue weighted by atomic mass is 31.2. The van der Waals surface area contributed by atoms with Gasteiger partial charge < -0.3 is 25.2 Å². The number of phosphoric ester groups is 1. The first-order valence-electron chi connectivity index (χ1n) is 26.8. The second kappa shape index (κ2) is 49.6. The fourth-order valence-electron chi connectivity index (χ4n) is 7.46. The average molecular weight is 964 g/mol. The van der Waals surface area contributed by atoms with Crippen molar-refractivity contribution in [1.29, 1.82) is 0 Å². The molecule has 0 radical (unpaired) electrons. The number of hydrogen-bond acceptors (Lipinski definition) is 8.